The number of amides is 1. The molecule has 1 saturated heterocycles. The predicted octanol–water partition coefficient (Wildman–Crippen LogP) is 1.95. The largest absolute Gasteiger partial charge is 0.484 e. The van der Waals surface area contributed by atoms with Crippen LogP contribution >= 0.6 is 0 Å². The Morgan fingerprint density at radius 2 is 2.05 bits per heavy atom. The van der Waals surface area contributed by atoms with E-state index in [1.165, 1.54) is 5.56 Å². The van der Waals surface area contributed by atoms with E-state index in [4.69, 9.17) is 9.84 Å². The summed E-state index contributed by atoms with van der Waals surface area (Å²) in [4.78, 5) is 24.6. The van der Waals surface area contributed by atoms with Crippen LogP contribution in [-0.4, -0.2) is 41.6 Å². The molecule has 5 heteroatoms. The van der Waals surface area contributed by atoms with Crippen molar-refractivity contribution >= 4 is 11.9 Å². The first-order valence-electron chi connectivity index (χ1n) is 7.32. The average Bonchev–Trinajstić information content (AvgIpc) is 2.53. The van der Waals surface area contributed by atoms with Crippen molar-refractivity contribution in [3.63, 3.8) is 0 Å². The number of aryl methyl sites for hydroxylation is 1. The van der Waals surface area contributed by atoms with Crippen LogP contribution in [0, 0.1) is 5.92 Å². The zero-order valence-electron chi connectivity index (χ0n) is 12.2. The monoisotopic (exact) mass is 291 g/mol. The second kappa shape index (κ2) is 7.11. The Labute approximate surface area is 124 Å². The number of hydrogen-bond donors (Lipinski definition) is 1. The van der Waals surface area contributed by atoms with Crippen LogP contribution in [-0.2, 0) is 16.0 Å². The van der Waals surface area contributed by atoms with Crippen molar-refractivity contribution in [2.24, 2.45) is 5.92 Å². The number of likely N-dealkylation sites (tertiary alicyclic amines) is 1. The average molecular weight is 291 g/mol. The molecule has 1 fully saturated rings. The molecule has 1 heterocycles. The first kappa shape index (κ1) is 15.4. The molecule has 0 unspecified atom stereocenters. The number of carbonyl (C=O) groups is 2. The Morgan fingerprint density at radius 1 is 1.33 bits per heavy atom. The van der Waals surface area contributed by atoms with Gasteiger partial charge in [0, 0.05) is 13.1 Å². The molecule has 0 bridgehead atoms. The van der Waals surface area contributed by atoms with Gasteiger partial charge in [-0.15, -0.1) is 0 Å². The van der Waals surface area contributed by atoms with Crippen molar-refractivity contribution in [2.45, 2.75) is 26.2 Å². The quantitative estimate of drug-likeness (QED) is 0.900. The SMILES string of the molecule is CCc1ccc(OCC(=O)N2CCC[C@@H](C(=O)O)C2)cc1. The molecule has 1 amide bonds. The van der Waals surface area contributed by atoms with Crippen molar-refractivity contribution in [2.75, 3.05) is 19.7 Å². The molecule has 1 aromatic carbocycles. The van der Waals surface area contributed by atoms with Gasteiger partial charge in [0.05, 0.1) is 5.92 Å². The first-order valence-corrected chi connectivity index (χ1v) is 7.32. The van der Waals surface area contributed by atoms with Gasteiger partial charge in [0.1, 0.15) is 5.75 Å². The molecule has 1 aliphatic heterocycles. The minimum absolute atomic E-state index is 0.0438. The number of rotatable bonds is 5. The van der Waals surface area contributed by atoms with Crippen molar-refractivity contribution in [3.8, 4) is 5.75 Å². The Kier molecular flexibility index (Phi) is 5.20. The zero-order valence-corrected chi connectivity index (χ0v) is 12.2. The summed E-state index contributed by atoms with van der Waals surface area (Å²) in [6, 6.07) is 7.65. The van der Waals surface area contributed by atoms with Crippen LogP contribution in [0.1, 0.15) is 25.3 Å². The molecule has 0 radical (unpaired) electrons. The lowest BCUT2D eigenvalue weighted by Crippen LogP contribution is -2.44. The van der Waals surface area contributed by atoms with E-state index in [-0.39, 0.29) is 19.1 Å². The number of aliphatic carboxylic acids is 1. The van der Waals surface area contributed by atoms with Gasteiger partial charge in [-0.25, -0.2) is 0 Å². The van der Waals surface area contributed by atoms with E-state index in [0.717, 1.165) is 12.8 Å². The fourth-order valence-corrected chi connectivity index (χ4v) is 2.46. The van der Waals surface area contributed by atoms with Crippen LogP contribution in [0.2, 0.25) is 0 Å². The van der Waals surface area contributed by atoms with Gasteiger partial charge >= 0.3 is 5.97 Å². The predicted molar refractivity (Wildman–Crippen MR) is 78.3 cm³/mol. The number of piperidine rings is 1. The fourth-order valence-electron chi connectivity index (χ4n) is 2.46. The van der Waals surface area contributed by atoms with Gasteiger partial charge in [-0.05, 0) is 37.0 Å². The van der Waals surface area contributed by atoms with Crippen LogP contribution < -0.4 is 4.74 Å². The molecular formula is C16H21NO4. The molecular weight excluding hydrogens is 270 g/mol. The molecule has 21 heavy (non-hydrogen) atoms. The molecule has 1 aliphatic rings. The molecule has 0 saturated carbocycles. The van der Waals surface area contributed by atoms with Crippen molar-refractivity contribution < 1.29 is 19.4 Å². The normalized spacial score (nSPS) is 18.3. The number of hydrogen-bond acceptors (Lipinski definition) is 3. The lowest BCUT2D eigenvalue weighted by molar-refractivity contribution is -0.146. The summed E-state index contributed by atoms with van der Waals surface area (Å²) in [5, 5.41) is 9.03. The minimum Gasteiger partial charge on any atom is -0.484 e. The van der Waals surface area contributed by atoms with Crippen molar-refractivity contribution in [1.29, 1.82) is 0 Å². The lowest BCUT2D eigenvalue weighted by atomic mass is 9.98. The highest BCUT2D eigenvalue weighted by atomic mass is 16.5. The second-order valence-corrected chi connectivity index (χ2v) is 5.30. The maximum absolute atomic E-state index is 12.1. The first-order chi connectivity index (χ1) is 10.1. The standard InChI is InChI=1S/C16H21NO4/c1-2-12-5-7-14(8-6-12)21-11-15(18)17-9-3-4-13(10-17)16(19)20/h5-8,13H,2-4,9-11H2,1H3,(H,19,20)/t13-/m1/s1. The molecule has 0 aromatic heterocycles. The Morgan fingerprint density at radius 3 is 2.67 bits per heavy atom. The molecule has 1 aromatic rings. The Bertz CT molecular complexity index is 498. The van der Waals surface area contributed by atoms with Gasteiger partial charge in [-0.3, -0.25) is 9.59 Å². The summed E-state index contributed by atoms with van der Waals surface area (Å²) >= 11 is 0. The third kappa shape index (κ3) is 4.21. The Balaban J connectivity index is 1.84. The summed E-state index contributed by atoms with van der Waals surface area (Å²) in [6.07, 6.45) is 2.33. The molecule has 0 spiro atoms. The maximum atomic E-state index is 12.1. The van der Waals surface area contributed by atoms with Crippen molar-refractivity contribution in [3.05, 3.63) is 29.8 Å². The van der Waals surface area contributed by atoms with Crippen LogP contribution in [0.15, 0.2) is 24.3 Å². The highest BCUT2D eigenvalue weighted by Gasteiger charge is 2.28. The lowest BCUT2D eigenvalue weighted by Gasteiger charge is -2.30. The van der Waals surface area contributed by atoms with Crippen LogP contribution in [0.3, 0.4) is 0 Å². The maximum Gasteiger partial charge on any atom is 0.308 e. The van der Waals surface area contributed by atoms with E-state index in [9.17, 15) is 9.59 Å². The molecule has 114 valence electrons. The molecule has 5 nitrogen and oxygen atoms in total. The van der Waals surface area contributed by atoms with Crippen LogP contribution in [0.25, 0.3) is 0 Å². The van der Waals surface area contributed by atoms with Gasteiger partial charge in [0.15, 0.2) is 6.61 Å². The van der Waals surface area contributed by atoms with Gasteiger partial charge in [0.2, 0.25) is 0 Å². The number of carbonyl (C=O) groups excluding carboxylic acids is 1. The summed E-state index contributed by atoms with van der Waals surface area (Å²) in [5.74, 6) is -0.775. The highest BCUT2D eigenvalue weighted by molar-refractivity contribution is 5.79. The highest BCUT2D eigenvalue weighted by Crippen LogP contribution is 2.17. The Hall–Kier alpha value is -2.04. The van der Waals surface area contributed by atoms with Gasteiger partial charge < -0.3 is 14.7 Å². The summed E-state index contributed by atoms with van der Waals surface area (Å²) in [6.45, 7) is 2.93. The number of nitrogens with zero attached hydrogens (tertiary/aromatic N) is 1. The number of carboxylic acids is 1. The molecule has 2 rings (SSSR count). The number of ether oxygens (including phenoxy) is 1. The van der Waals surface area contributed by atoms with Gasteiger partial charge in [0.25, 0.3) is 5.91 Å². The third-order valence-corrected chi connectivity index (χ3v) is 3.82. The molecule has 1 atom stereocenters. The van der Waals surface area contributed by atoms with E-state index in [1.54, 1.807) is 4.90 Å². The van der Waals surface area contributed by atoms with Gasteiger partial charge in [-0.2, -0.15) is 0 Å². The molecule has 0 aliphatic carbocycles. The van der Waals surface area contributed by atoms with Crippen molar-refractivity contribution in [1.82, 2.24) is 4.90 Å². The summed E-state index contributed by atoms with van der Waals surface area (Å²) in [5.41, 5.74) is 1.22. The van der Waals surface area contributed by atoms with Crippen LogP contribution in [0.5, 0.6) is 5.75 Å². The zero-order chi connectivity index (χ0) is 15.2. The molecule has 1 N–H and O–H groups in total. The topological polar surface area (TPSA) is 66.8 Å². The van der Waals surface area contributed by atoms with Crippen LogP contribution in [0.4, 0.5) is 0 Å². The van der Waals surface area contributed by atoms with E-state index >= 15 is 0 Å². The number of carboxylic acid groups (broad SMARTS) is 1. The van der Waals surface area contributed by atoms with E-state index < -0.39 is 11.9 Å². The number of benzene rings is 1. The summed E-state index contributed by atoms with van der Waals surface area (Å²) in [7, 11) is 0. The fraction of sp³-hybridized carbons (Fsp3) is 0.500. The van der Waals surface area contributed by atoms with E-state index in [1.807, 2.05) is 24.3 Å². The summed E-state index contributed by atoms with van der Waals surface area (Å²) < 4.78 is 5.48. The van der Waals surface area contributed by atoms with E-state index in [2.05, 4.69) is 6.92 Å². The van der Waals surface area contributed by atoms with E-state index in [0.29, 0.717) is 18.7 Å². The minimum atomic E-state index is -0.830. The third-order valence-electron chi connectivity index (χ3n) is 3.82. The smallest absolute Gasteiger partial charge is 0.308 e. The second-order valence-electron chi connectivity index (χ2n) is 5.30. The van der Waals surface area contributed by atoms with Gasteiger partial charge in [-0.1, -0.05) is 19.1 Å².